The second kappa shape index (κ2) is 9.79. The largest absolute Gasteiger partial charge is 0.606 e. The fourth-order valence-corrected chi connectivity index (χ4v) is 4.18. The first-order valence-corrected chi connectivity index (χ1v) is 11.2. The van der Waals surface area contributed by atoms with Crippen LogP contribution in [0.5, 0.6) is 0 Å². The molecule has 0 spiro atoms. The molecule has 1 aliphatic rings. The number of carbonyl (C=O) groups is 3. The molecule has 7 N–H and O–H groups in total. The minimum absolute atomic E-state index is 0.0306. The van der Waals surface area contributed by atoms with Gasteiger partial charge in [0.25, 0.3) is 5.91 Å². The maximum Gasteiger partial charge on any atom is 0.326 e. The van der Waals surface area contributed by atoms with Crippen molar-refractivity contribution in [2.24, 2.45) is 0 Å². The Labute approximate surface area is 209 Å². The maximum atomic E-state index is 13.6. The Kier molecular flexibility index (Phi) is 6.74. The van der Waals surface area contributed by atoms with Crippen molar-refractivity contribution in [1.29, 1.82) is 0 Å². The minimum atomic E-state index is -1.34. The van der Waals surface area contributed by atoms with Gasteiger partial charge in [-0.3, -0.25) is 14.3 Å². The highest BCUT2D eigenvalue weighted by atomic mass is 16.6. The highest BCUT2D eigenvalue weighted by Crippen LogP contribution is 2.33. The summed E-state index contributed by atoms with van der Waals surface area (Å²) in [5, 5.41) is 35.6. The molecule has 1 aliphatic heterocycles. The minimum Gasteiger partial charge on any atom is -0.606 e. The lowest BCUT2D eigenvalue weighted by Crippen LogP contribution is -2.52. The summed E-state index contributed by atoms with van der Waals surface area (Å²) in [5.74, 6) is -3.10. The lowest BCUT2D eigenvalue weighted by Gasteiger charge is -2.45. The average molecular weight is 511 g/mol. The zero-order valence-electron chi connectivity index (χ0n) is 19.8. The molecule has 3 aromatic rings. The maximum absolute atomic E-state index is 13.6. The van der Waals surface area contributed by atoms with Crippen LogP contribution >= 0.6 is 0 Å². The zero-order chi connectivity index (χ0) is 26.9. The van der Waals surface area contributed by atoms with E-state index in [2.05, 4.69) is 25.3 Å². The summed E-state index contributed by atoms with van der Waals surface area (Å²) in [6.07, 6.45) is 1.27. The van der Waals surface area contributed by atoms with Gasteiger partial charge in [-0.05, 0) is 36.6 Å². The van der Waals surface area contributed by atoms with Crippen LogP contribution in [0, 0.1) is 5.21 Å². The third-order valence-corrected chi connectivity index (χ3v) is 5.93. The fourth-order valence-electron chi connectivity index (χ4n) is 4.18. The van der Waals surface area contributed by atoms with Crippen molar-refractivity contribution in [3.05, 3.63) is 46.4 Å². The molecule has 4 rings (SSSR count). The number of carboxylic acid groups (broad SMARTS) is 2. The van der Waals surface area contributed by atoms with E-state index < -0.39 is 35.1 Å². The molecule has 1 aromatic carbocycles. The van der Waals surface area contributed by atoms with Crippen LogP contribution in [-0.2, 0) is 22.6 Å². The molecule has 3 heterocycles. The Balaban J connectivity index is 1.50. The number of aromatic nitrogens is 4. The van der Waals surface area contributed by atoms with Crippen molar-refractivity contribution in [3.63, 3.8) is 0 Å². The van der Waals surface area contributed by atoms with Crippen LogP contribution in [0.1, 0.15) is 34.5 Å². The normalized spacial score (nSPS) is 15.1. The van der Waals surface area contributed by atoms with E-state index in [1.54, 1.807) is 17.1 Å². The molecule has 1 unspecified atom stereocenters. The Morgan fingerprint density at radius 3 is 2.68 bits per heavy atom. The molecule has 0 bridgehead atoms. The number of hydrogen-bond acceptors (Lipinski definition) is 11. The number of nitrogens with two attached hydrogens (primary N) is 2. The Hall–Kier alpha value is -4.63. The Morgan fingerprint density at radius 2 is 1.97 bits per heavy atom. The van der Waals surface area contributed by atoms with Crippen LogP contribution < -0.4 is 21.8 Å². The molecule has 15 nitrogen and oxygen atoms in total. The summed E-state index contributed by atoms with van der Waals surface area (Å²) in [5.41, 5.74) is 13.9. The first-order chi connectivity index (χ1) is 17.4. The van der Waals surface area contributed by atoms with E-state index in [1.165, 1.54) is 19.3 Å². The summed E-state index contributed by atoms with van der Waals surface area (Å²) in [6, 6.07) is 3.37. The van der Waals surface area contributed by atoms with Crippen molar-refractivity contribution < 1.29 is 29.4 Å². The van der Waals surface area contributed by atoms with E-state index in [4.69, 9.17) is 16.6 Å². The molecule has 0 fully saturated rings. The number of fused-ring (bicyclic) bond motifs is 2. The summed E-state index contributed by atoms with van der Waals surface area (Å²) < 4.78 is -0.843. The summed E-state index contributed by atoms with van der Waals surface area (Å²) >= 11 is 0. The monoisotopic (exact) mass is 511 g/mol. The topological polar surface area (TPSA) is 234 Å². The van der Waals surface area contributed by atoms with E-state index in [1.807, 2.05) is 0 Å². The lowest BCUT2D eigenvalue weighted by atomic mass is 10.1. The van der Waals surface area contributed by atoms with Crippen LogP contribution in [0.4, 0.5) is 17.5 Å². The SMILES string of the molecule is C[N+]([O-])(Cc1cnc2nc(N)nc(N)c2n1)N1CCc2cc(C(=O)N[C@@H](CCC(=O)O)C(=O)O)ccc21. The van der Waals surface area contributed by atoms with Gasteiger partial charge in [0, 0.05) is 12.0 Å². The number of nitrogens with one attached hydrogen (secondary N) is 1. The van der Waals surface area contributed by atoms with Crippen LogP contribution in [-0.4, -0.2) is 72.4 Å². The molecule has 37 heavy (non-hydrogen) atoms. The van der Waals surface area contributed by atoms with Crippen molar-refractivity contribution >= 4 is 46.5 Å². The van der Waals surface area contributed by atoms with Gasteiger partial charge < -0.3 is 32.2 Å². The molecule has 0 saturated carbocycles. The van der Waals surface area contributed by atoms with Gasteiger partial charge in [-0.1, -0.05) is 0 Å². The van der Waals surface area contributed by atoms with Gasteiger partial charge in [0.2, 0.25) is 5.95 Å². The van der Waals surface area contributed by atoms with Gasteiger partial charge in [-0.25, -0.2) is 19.8 Å². The predicted octanol–water partition coefficient (Wildman–Crippen LogP) is 0.0541. The molecule has 2 atom stereocenters. The van der Waals surface area contributed by atoms with Crippen LogP contribution in [0.15, 0.2) is 24.4 Å². The highest BCUT2D eigenvalue weighted by Gasteiger charge is 2.32. The fraction of sp³-hybridized carbons (Fsp3) is 0.318. The zero-order valence-corrected chi connectivity index (χ0v) is 19.8. The summed E-state index contributed by atoms with van der Waals surface area (Å²) in [4.78, 5) is 51.2. The van der Waals surface area contributed by atoms with Crippen LogP contribution in [0.25, 0.3) is 11.2 Å². The number of carboxylic acids is 2. The first-order valence-electron chi connectivity index (χ1n) is 11.2. The van der Waals surface area contributed by atoms with Crippen molar-refractivity contribution in [3.8, 4) is 0 Å². The predicted molar refractivity (Wildman–Crippen MR) is 130 cm³/mol. The van der Waals surface area contributed by atoms with Gasteiger partial charge in [-0.15, -0.1) is 0 Å². The summed E-state index contributed by atoms with van der Waals surface area (Å²) in [7, 11) is 1.46. The van der Waals surface area contributed by atoms with Crippen molar-refractivity contribution in [2.45, 2.75) is 31.8 Å². The van der Waals surface area contributed by atoms with Crippen molar-refractivity contribution in [2.75, 3.05) is 30.1 Å². The molecule has 0 radical (unpaired) electrons. The lowest BCUT2D eigenvalue weighted by molar-refractivity contribution is -0.883. The number of benzene rings is 1. The van der Waals surface area contributed by atoms with Gasteiger partial charge in [-0.2, -0.15) is 9.97 Å². The Bertz CT molecular complexity index is 1400. The third-order valence-electron chi connectivity index (χ3n) is 5.93. The van der Waals surface area contributed by atoms with Crippen LogP contribution in [0.2, 0.25) is 0 Å². The molecule has 194 valence electrons. The van der Waals surface area contributed by atoms with Gasteiger partial charge >= 0.3 is 11.9 Å². The molecule has 1 amide bonds. The number of nitrogens with zero attached hydrogens (tertiary/aromatic N) is 6. The quantitative estimate of drug-likeness (QED) is 0.189. The number of nitrogen functional groups attached to an aromatic ring is 2. The van der Waals surface area contributed by atoms with Gasteiger partial charge in [0.1, 0.15) is 18.3 Å². The number of rotatable bonds is 9. The number of anilines is 3. The average Bonchev–Trinajstić information content (AvgIpc) is 3.26. The van der Waals surface area contributed by atoms with Crippen molar-refractivity contribution in [1.82, 2.24) is 25.3 Å². The number of quaternary nitrogens is 1. The number of hydrogen-bond donors (Lipinski definition) is 5. The third kappa shape index (κ3) is 5.46. The van der Waals surface area contributed by atoms with Gasteiger partial charge in [0.15, 0.2) is 17.0 Å². The molecular formula is C22H25N9O6. The number of carbonyl (C=O) groups excluding carboxylic acids is 1. The number of hydroxylamine groups is 2. The molecule has 15 heteroatoms. The number of amides is 1. The second-order valence-corrected chi connectivity index (χ2v) is 8.72. The smallest absolute Gasteiger partial charge is 0.326 e. The highest BCUT2D eigenvalue weighted by molar-refractivity contribution is 5.97. The first kappa shape index (κ1) is 25.5. The van der Waals surface area contributed by atoms with E-state index >= 15 is 0 Å². The Morgan fingerprint density at radius 1 is 1.22 bits per heavy atom. The standard InChI is InChI=1S/C22H25N9O6/c1-31(37,10-13-9-25-19-17(26-13)18(23)28-22(24)29-19)30-7-6-11-8-12(2-4-15(11)30)20(34)27-14(21(35)36)3-5-16(32)33/h2,4,8-9,14H,3,5-7,10H2,1H3,(H,27,34)(H,32,33)(H,35,36)(H4,23,24,25,28,29)/t14-,31?/m0/s1. The second-order valence-electron chi connectivity index (χ2n) is 8.72. The van der Waals surface area contributed by atoms with Gasteiger partial charge in [0.05, 0.1) is 25.5 Å². The van der Waals surface area contributed by atoms with E-state index in [9.17, 15) is 24.7 Å². The van der Waals surface area contributed by atoms with E-state index in [0.717, 1.165) is 5.56 Å². The molecule has 0 aliphatic carbocycles. The molecular weight excluding hydrogens is 486 g/mol. The molecule has 2 aromatic heterocycles. The number of aliphatic carboxylic acids is 2. The van der Waals surface area contributed by atoms with Crippen LogP contribution in [0.3, 0.4) is 0 Å². The van der Waals surface area contributed by atoms with E-state index in [0.29, 0.717) is 24.3 Å². The molecule has 0 saturated heterocycles. The summed E-state index contributed by atoms with van der Waals surface area (Å²) in [6.45, 7) is 0.303. The van der Waals surface area contributed by atoms with E-state index in [-0.39, 0.29) is 41.5 Å².